The summed E-state index contributed by atoms with van der Waals surface area (Å²) >= 11 is 0. The van der Waals surface area contributed by atoms with E-state index >= 15 is 0 Å². The van der Waals surface area contributed by atoms with Crippen molar-refractivity contribution in [2.45, 2.75) is 77.8 Å². The van der Waals surface area contributed by atoms with E-state index in [4.69, 9.17) is 5.11 Å². The number of hydrogen-bond acceptors (Lipinski definition) is 2. The lowest BCUT2D eigenvalue weighted by atomic mass is 9.78. The number of carboxylic acids is 1. The lowest BCUT2D eigenvalue weighted by Crippen LogP contribution is -2.53. The van der Waals surface area contributed by atoms with Crippen LogP contribution >= 0.6 is 0 Å². The van der Waals surface area contributed by atoms with Crippen molar-refractivity contribution in [1.82, 2.24) is 10.6 Å². The summed E-state index contributed by atoms with van der Waals surface area (Å²) in [7, 11) is 0. The summed E-state index contributed by atoms with van der Waals surface area (Å²) in [6.07, 6.45) is 5.10. The van der Waals surface area contributed by atoms with Crippen LogP contribution < -0.4 is 10.6 Å². The predicted molar refractivity (Wildman–Crippen MR) is 83.2 cm³/mol. The fourth-order valence-corrected chi connectivity index (χ4v) is 3.13. The fraction of sp³-hybridized carbons (Fsp3) is 0.875. The highest BCUT2D eigenvalue weighted by Gasteiger charge is 2.30. The molecule has 2 amide bonds. The van der Waals surface area contributed by atoms with Gasteiger partial charge in [-0.15, -0.1) is 0 Å². The third kappa shape index (κ3) is 6.36. The van der Waals surface area contributed by atoms with E-state index in [1.165, 1.54) is 12.8 Å². The number of hydrogen-bond donors (Lipinski definition) is 3. The number of urea groups is 1. The SMILES string of the molecule is CC(C)C1CCCCC1NC(=O)NC(C)(C)CCC(=O)O. The average Bonchev–Trinajstić information content (AvgIpc) is 2.36. The van der Waals surface area contributed by atoms with E-state index in [2.05, 4.69) is 24.5 Å². The van der Waals surface area contributed by atoms with Gasteiger partial charge < -0.3 is 15.7 Å². The summed E-state index contributed by atoms with van der Waals surface area (Å²) in [5.74, 6) is 0.264. The van der Waals surface area contributed by atoms with Crippen LogP contribution in [-0.2, 0) is 4.79 Å². The van der Waals surface area contributed by atoms with E-state index in [1.807, 2.05) is 13.8 Å². The summed E-state index contributed by atoms with van der Waals surface area (Å²) < 4.78 is 0. The third-order valence-corrected chi connectivity index (χ3v) is 4.41. The van der Waals surface area contributed by atoms with Crippen molar-refractivity contribution >= 4 is 12.0 Å². The number of nitrogens with one attached hydrogen (secondary N) is 2. The van der Waals surface area contributed by atoms with Crippen molar-refractivity contribution < 1.29 is 14.7 Å². The molecule has 0 heterocycles. The van der Waals surface area contributed by atoms with Crippen molar-refractivity contribution in [2.75, 3.05) is 0 Å². The first kappa shape index (κ1) is 17.8. The van der Waals surface area contributed by atoms with Crippen molar-refractivity contribution in [3.05, 3.63) is 0 Å². The number of rotatable bonds is 6. The zero-order valence-corrected chi connectivity index (χ0v) is 13.7. The first-order chi connectivity index (χ1) is 9.71. The molecule has 3 N–H and O–H groups in total. The van der Waals surface area contributed by atoms with Crippen molar-refractivity contribution in [3.8, 4) is 0 Å². The van der Waals surface area contributed by atoms with Crippen molar-refractivity contribution in [1.29, 1.82) is 0 Å². The molecule has 1 rings (SSSR count). The van der Waals surface area contributed by atoms with Crippen LogP contribution in [0.1, 0.15) is 66.2 Å². The molecule has 0 aromatic heterocycles. The zero-order chi connectivity index (χ0) is 16.0. The monoisotopic (exact) mass is 298 g/mol. The third-order valence-electron chi connectivity index (χ3n) is 4.41. The van der Waals surface area contributed by atoms with Gasteiger partial charge in [-0.3, -0.25) is 4.79 Å². The van der Waals surface area contributed by atoms with Crippen LogP contribution in [0.15, 0.2) is 0 Å². The highest BCUT2D eigenvalue weighted by molar-refractivity contribution is 5.75. The molecule has 5 heteroatoms. The lowest BCUT2D eigenvalue weighted by Gasteiger charge is -2.36. The topological polar surface area (TPSA) is 78.4 Å². The maximum atomic E-state index is 12.2. The van der Waals surface area contributed by atoms with E-state index in [-0.39, 0.29) is 18.5 Å². The Kier molecular flexibility index (Phi) is 6.49. The van der Waals surface area contributed by atoms with E-state index in [9.17, 15) is 9.59 Å². The molecule has 0 bridgehead atoms. The molecule has 1 aliphatic carbocycles. The quantitative estimate of drug-likeness (QED) is 0.705. The Labute approximate surface area is 127 Å². The second-order valence-electron chi connectivity index (χ2n) is 7.17. The molecular weight excluding hydrogens is 268 g/mol. The molecule has 2 atom stereocenters. The molecule has 0 saturated heterocycles. The number of amides is 2. The summed E-state index contributed by atoms with van der Waals surface area (Å²) in [5, 5.41) is 14.7. The molecule has 0 aromatic carbocycles. The van der Waals surface area contributed by atoms with Gasteiger partial charge >= 0.3 is 12.0 Å². The molecule has 0 spiro atoms. The van der Waals surface area contributed by atoms with Crippen LogP contribution in [0.25, 0.3) is 0 Å². The Balaban J connectivity index is 2.49. The second-order valence-corrected chi connectivity index (χ2v) is 7.17. The number of carbonyl (C=O) groups excluding carboxylic acids is 1. The van der Waals surface area contributed by atoms with Gasteiger partial charge in [-0.2, -0.15) is 0 Å². The van der Waals surface area contributed by atoms with Gasteiger partial charge in [-0.25, -0.2) is 4.79 Å². The van der Waals surface area contributed by atoms with Gasteiger partial charge in [-0.1, -0.05) is 26.7 Å². The Morgan fingerprint density at radius 3 is 2.43 bits per heavy atom. The molecule has 2 unspecified atom stereocenters. The Bertz CT molecular complexity index is 367. The molecule has 21 heavy (non-hydrogen) atoms. The second kappa shape index (κ2) is 7.66. The van der Waals surface area contributed by atoms with E-state index in [0.717, 1.165) is 12.8 Å². The minimum Gasteiger partial charge on any atom is -0.481 e. The first-order valence-electron chi connectivity index (χ1n) is 8.02. The van der Waals surface area contributed by atoms with Crippen LogP contribution in [0.3, 0.4) is 0 Å². The highest BCUT2D eigenvalue weighted by atomic mass is 16.4. The normalized spacial score (nSPS) is 22.9. The smallest absolute Gasteiger partial charge is 0.315 e. The van der Waals surface area contributed by atoms with Gasteiger partial charge in [0.05, 0.1) is 0 Å². The molecule has 0 radical (unpaired) electrons. The largest absolute Gasteiger partial charge is 0.481 e. The molecule has 1 aliphatic rings. The van der Waals surface area contributed by atoms with Gasteiger partial charge in [0, 0.05) is 18.0 Å². The lowest BCUT2D eigenvalue weighted by molar-refractivity contribution is -0.137. The molecular formula is C16H30N2O3. The van der Waals surface area contributed by atoms with Crippen LogP contribution in [0.2, 0.25) is 0 Å². The molecule has 1 fully saturated rings. The number of carboxylic acid groups (broad SMARTS) is 1. The average molecular weight is 298 g/mol. The molecule has 1 saturated carbocycles. The zero-order valence-electron chi connectivity index (χ0n) is 13.7. The summed E-state index contributed by atoms with van der Waals surface area (Å²) in [5.41, 5.74) is -0.509. The molecule has 5 nitrogen and oxygen atoms in total. The van der Waals surface area contributed by atoms with Crippen molar-refractivity contribution in [2.24, 2.45) is 11.8 Å². The predicted octanol–water partition coefficient (Wildman–Crippen LogP) is 3.14. The first-order valence-corrected chi connectivity index (χ1v) is 8.02. The Morgan fingerprint density at radius 2 is 1.86 bits per heavy atom. The molecule has 0 aromatic rings. The molecule has 122 valence electrons. The Morgan fingerprint density at radius 1 is 1.24 bits per heavy atom. The summed E-state index contributed by atoms with van der Waals surface area (Å²) in [6, 6.07) is 0.0527. The molecule has 0 aliphatic heterocycles. The standard InChI is InChI=1S/C16H30N2O3/c1-11(2)12-7-5-6-8-13(12)17-15(21)18-16(3,4)10-9-14(19)20/h11-13H,5-10H2,1-4H3,(H,19,20)(H2,17,18,21). The van der Waals surface area contributed by atoms with Crippen LogP contribution in [0.4, 0.5) is 4.79 Å². The van der Waals surface area contributed by atoms with Crippen LogP contribution in [0.5, 0.6) is 0 Å². The van der Waals surface area contributed by atoms with Gasteiger partial charge in [-0.05, 0) is 44.9 Å². The van der Waals surface area contributed by atoms with Crippen molar-refractivity contribution in [3.63, 3.8) is 0 Å². The van der Waals surface area contributed by atoms with E-state index in [0.29, 0.717) is 18.3 Å². The minimum atomic E-state index is -0.836. The van der Waals surface area contributed by atoms with Crippen LogP contribution in [-0.4, -0.2) is 28.7 Å². The maximum absolute atomic E-state index is 12.2. The van der Waals surface area contributed by atoms with Gasteiger partial charge in [0.25, 0.3) is 0 Å². The van der Waals surface area contributed by atoms with Gasteiger partial charge in [0.1, 0.15) is 0 Å². The van der Waals surface area contributed by atoms with Gasteiger partial charge in [0.2, 0.25) is 0 Å². The van der Waals surface area contributed by atoms with E-state index in [1.54, 1.807) is 0 Å². The summed E-state index contributed by atoms with van der Waals surface area (Å²) in [4.78, 5) is 22.8. The Hall–Kier alpha value is -1.26. The number of carbonyl (C=O) groups is 2. The summed E-state index contributed by atoms with van der Waals surface area (Å²) in [6.45, 7) is 8.13. The van der Waals surface area contributed by atoms with Crippen LogP contribution in [0, 0.1) is 11.8 Å². The minimum absolute atomic E-state index is 0.0608. The highest BCUT2D eigenvalue weighted by Crippen LogP contribution is 2.30. The fourth-order valence-electron chi connectivity index (χ4n) is 3.13. The number of aliphatic carboxylic acids is 1. The van der Waals surface area contributed by atoms with E-state index < -0.39 is 11.5 Å². The maximum Gasteiger partial charge on any atom is 0.315 e. The van der Waals surface area contributed by atoms with Gasteiger partial charge in [0.15, 0.2) is 0 Å².